The van der Waals surface area contributed by atoms with Crippen LogP contribution in [0.5, 0.6) is 0 Å². The van der Waals surface area contributed by atoms with Crippen LogP contribution < -0.4 is 10.6 Å². The first kappa shape index (κ1) is 34.9. The summed E-state index contributed by atoms with van der Waals surface area (Å²) < 4.78 is 58.6. The summed E-state index contributed by atoms with van der Waals surface area (Å²) in [6.07, 6.45) is 2.90. The number of nitrogens with one attached hydrogen (secondary N) is 2. The number of ketones is 2. The molecule has 0 spiro atoms. The topological polar surface area (TPSA) is 144 Å². The number of carbonyl (C=O) groups excluding carboxylic acids is 2. The maximum absolute atomic E-state index is 14.2. The maximum atomic E-state index is 14.2. The molecule has 16 heteroatoms. The van der Waals surface area contributed by atoms with Crippen LogP contribution in [-0.4, -0.2) is 65.6 Å². The van der Waals surface area contributed by atoms with Crippen molar-refractivity contribution in [3.63, 3.8) is 0 Å². The van der Waals surface area contributed by atoms with E-state index in [1.165, 1.54) is 61.2 Å². The zero-order valence-corrected chi connectivity index (χ0v) is 29.7. The van der Waals surface area contributed by atoms with Crippen molar-refractivity contribution >= 4 is 34.4 Å². The Morgan fingerprint density at radius 3 is 1.32 bits per heavy atom. The molecule has 2 N–H and O–H groups in total. The van der Waals surface area contributed by atoms with Gasteiger partial charge in [0, 0.05) is 47.7 Å². The van der Waals surface area contributed by atoms with Gasteiger partial charge in [-0.15, -0.1) is 0 Å². The third-order valence-corrected chi connectivity index (χ3v) is 10.5. The SMILES string of the molecule is Cn1ncnc1[C@@H]1C2=NCC(=O)c3cc(F)cc(c32)NC1c1ccc(F)cc1.Cn1ncnc1[C@H]1C2=NCC(=O)c3cc(F)cc(c32)N[C@@H]1c1ccc(F)cc1. The number of halogens is 4. The van der Waals surface area contributed by atoms with Gasteiger partial charge in [-0.05, 0) is 59.7 Å². The van der Waals surface area contributed by atoms with Crippen LogP contribution in [0.1, 0.15) is 78.5 Å². The van der Waals surface area contributed by atoms with Gasteiger partial charge < -0.3 is 10.6 Å². The Labute approximate surface area is 316 Å². The highest BCUT2D eigenvalue weighted by molar-refractivity contribution is 6.22. The predicted octanol–water partition coefficient (Wildman–Crippen LogP) is 6.06. The normalized spacial score (nSPS) is 20.4. The van der Waals surface area contributed by atoms with Gasteiger partial charge in [-0.1, -0.05) is 24.3 Å². The molecule has 0 aliphatic carbocycles. The van der Waals surface area contributed by atoms with Crippen LogP contribution in [0.15, 0.2) is 95.4 Å². The number of hydrogen-bond donors (Lipinski definition) is 2. The third-order valence-electron chi connectivity index (χ3n) is 10.5. The average molecular weight is 759 g/mol. The molecule has 0 saturated heterocycles. The Morgan fingerprint density at radius 2 is 0.964 bits per heavy atom. The summed E-state index contributed by atoms with van der Waals surface area (Å²) in [5, 5.41) is 15.0. The van der Waals surface area contributed by atoms with Gasteiger partial charge in [-0.25, -0.2) is 27.5 Å². The Hall–Kier alpha value is -6.84. The summed E-state index contributed by atoms with van der Waals surface area (Å²) in [6, 6.07) is 16.7. The Balaban J connectivity index is 0.000000146. The minimum Gasteiger partial charge on any atom is -0.376 e. The van der Waals surface area contributed by atoms with Gasteiger partial charge in [-0.2, -0.15) is 10.2 Å². The van der Waals surface area contributed by atoms with Crippen molar-refractivity contribution in [3.05, 3.63) is 154 Å². The van der Waals surface area contributed by atoms with Gasteiger partial charge in [0.25, 0.3) is 0 Å². The highest BCUT2D eigenvalue weighted by Gasteiger charge is 2.43. The smallest absolute Gasteiger partial charge is 0.185 e. The second-order valence-corrected chi connectivity index (χ2v) is 13.8. The fourth-order valence-electron chi connectivity index (χ4n) is 8.01. The van der Waals surface area contributed by atoms with Crippen LogP contribution in [0, 0.1) is 23.3 Å². The van der Waals surface area contributed by atoms with Crippen molar-refractivity contribution in [2.75, 3.05) is 23.7 Å². The van der Waals surface area contributed by atoms with Gasteiger partial charge in [0.05, 0.1) is 35.3 Å². The van der Waals surface area contributed by atoms with E-state index in [9.17, 15) is 27.2 Å². The Morgan fingerprint density at radius 1 is 0.571 bits per heavy atom. The molecule has 1 unspecified atom stereocenters. The fraction of sp³-hybridized carbons (Fsp3) is 0.200. The van der Waals surface area contributed by atoms with E-state index in [1.807, 2.05) is 0 Å². The van der Waals surface area contributed by atoms with Crippen molar-refractivity contribution in [1.82, 2.24) is 29.5 Å². The lowest BCUT2D eigenvalue weighted by atomic mass is 9.78. The van der Waals surface area contributed by atoms with Gasteiger partial charge in [-0.3, -0.25) is 28.9 Å². The highest BCUT2D eigenvalue weighted by Crippen LogP contribution is 2.46. The molecule has 280 valence electrons. The number of aliphatic imine (C=N–C) groups is 2. The minimum atomic E-state index is -0.495. The summed E-state index contributed by atoms with van der Waals surface area (Å²) in [5.41, 5.74) is 5.74. The quantitative estimate of drug-likeness (QED) is 0.207. The molecule has 12 nitrogen and oxygen atoms in total. The molecule has 6 aromatic rings. The van der Waals surface area contributed by atoms with Crippen LogP contribution in [0.3, 0.4) is 0 Å². The van der Waals surface area contributed by atoms with E-state index >= 15 is 0 Å². The number of anilines is 2. The zero-order valence-electron chi connectivity index (χ0n) is 29.7. The van der Waals surface area contributed by atoms with Crippen LogP contribution in [0.2, 0.25) is 0 Å². The molecule has 4 aliphatic heterocycles. The molecular formula is C40H30F4N10O2. The number of rotatable bonds is 4. The van der Waals surface area contributed by atoms with E-state index in [4.69, 9.17) is 0 Å². The lowest BCUT2D eigenvalue weighted by Gasteiger charge is -2.37. The summed E-state index contributed by atoms with van der Waals surface area (Å²) in [6.45, 7) is -0.0918. The van der Waals surface area contributed by atoms with Crippen LogP contribution in [0.4, 0.5) is 28.9 Å². The van der Waals surface area contributed by atoms with E-state index < -0.39 is 11.6 Å². The monoisotopic (exact) mass is 758 g/mol. The molecule has 6 heterocycles. The highest BCUT2D eigenvalue weighted by atomic mass is 19.1. The fourth-order valence-corrected chi connectivity index (χ4v) is 8.01. The Bertz CT molecular complexity index is 2450. The van der Waals surface area contributed by atoms with Crippen molar-refractivity contribution in [1.29, 1.82) is 0 Å². The summed E-state index contributed by atoms with van der Waals surface area (Å²) >= 11 is 0. The zero-order chi connectivity index (χ0) is 38.8. The molecule has 0 bridgehead atoms. The molecule has 2 aromatic heterocycles. The van der Waals surface area contributed by atoms with Crippen molar-refractivity contribution in [3.8, 4) is 0 Å². The molecule has 10 rings (SSSR count). The van der Waals surface area contributed by atoms with E-state index in [0.717, 1.165) is 11.1 Å². The summed E-state index contributed by atoms with van der Waals surface area (Å²) in [7, 11) is 3.55. The van der Waals surface area contributed by atoms with E-state index in [2.05, 4.69) is 40.8 Å². The van der Waals surface area contributed by atoms with E-state index in [0.29, 0.717) is 56.7 Å². The lowest BCUT2D eigenvalue weighted by molar-refractivity contribution is 0.0991. The number of aromatic nitrogens is 6. The summed E-state index contributed by atoms with van der Waals surface area (Å²) in [4.78, 5) is 42.5. The second kappa shape index (κ2) is 13.5. The molecule has 4 aromatic carbocycles. The van der Waals surface area contributed by atoms with Gasteiger partial charge in [0.2, 0.25) is 0 Å². The molecule has 0 radical (unpaired) electrons. The first-order chi connectivity index (χ1) is 27.0. The minimum absolute atomic E-state index is 0.0459. The van der Waals surface area contributed by atoms with E-state index in [1.54, 1.807) is 47.7 Å². The van der Waals surface area contributed by atoms with Gasteiger partial charge >= 0.3 is 0 Å². The van der Waals surface area contributed by atoms with Crippen molar-refractivity contribution in [2.24, 2.45) is 24.1 Å². The average Bonchev–Trinajstić information content (AvgIpc) is 3.81. The summed E-state index contributed by atoms with van der Waals surface area (Å²) in [5.74, 6) is -1.57. The number of benzene rings is 4. The van der Waals surface area contributed by atoms with Gasteiger partial charge in [0.15, 0.2) is 11.6 Å². The molecule has 4 aliphatic rings. The molecular weight excluding hydrogens is 728 g/mol. The number of aryl methyl sites for hydroxylation is 2. The second-order valence-electron chi connectivity index (χ2n) is 13.8. The molecule has 0 amide bonds. The van der Waals surface area contributed by atoms with E-state index in [-0.39, 0.29) is 60.2 Å². The molecule has 4 atom stereocenters. The lowest BCUT2D eigenvalue weighted by Crippen LogP contribution is -2.37. The largest absolute Gasteiger partial charge is 0.376 e. The predicted molar refractivity (Wildman–Crippen MR) is 197 cm³/mol. The first-order valence-electron chi connectivity index (χ1n) is 17.6. The molecule has 0 saturated carbocycles. The van der Waals surface area contributed by atoms with Crippen LogP contribution in [0.25, 0.3) is 0 Å². The third kappa shape index (κ3) is 5.84. The maximum Gasteiger partial charge on any atom is 0.185 e. The number of Topliss-reactive ketones (excluding diaryl/α,β-unsaturated/α-hetero) is 2. The van der Waals surface area contributed by atoms with Crippen LogP contribution in [-0.2, 0) is 14.1 Å². The standard InChI is InChI=1S/2C20H15F2N5O/c2*1-27-20(24-9-25-27)17-18(10-2-4-11(21)5-3-10)26-14-7-12(22)6-13-15(28)8-23-19(17)16(13)14/h2*2-7,9,17-18,26H,8H2,1H3/t17-,18?;17-,18-/m01/s1. The first-order valence-corrected chi connectivity index (χ1v) is 17.6. The van der Waals surface area contributed by atoms with Crippen molar-refractivity contribution < 1.29 is 27.2 Å². The van der Waals surface area contributed by atoms with Crippen molar-refractivity contribution in [2.45, 2.75) is 23.9 Å². The van der Waals surface area contributed by atoms with Gasteiger partial charge in [0.1, 0.15) is 60.7 Å². The number of nitrogens with zero attached hydrogens (tertiary/aromatic N) is 8. The van der Waals surface area contributed by atoms with Crippen LogP contribution >= 0.6 is 0 Å². The number of hydrogen-bond acceptors (Lipinski definition) is 10. The Kier molecular flexibility index (Phi) is 8.40. The molecule has 0 fully saturated rings. The molecule has 56 heavy (non-hydrogen) atoms. The number of carbonyl (C=O) groups is 2.